The van der Waals surface area contributed by atoms with Gasteiger partial charge in [-0.25, -0.2) is 0 Å². The van der Waals surface area contributed by atoms with E-state index in [0.717, 1.165) is 34.4 Å². The molecule has 0 atom stereocenters. The molecule has 0 unspecified atom stereocenters. The quantitative estimate of drug-likeness (QED) is 0.278. The van der Waals surface area contributed by atoms with Crippen LogP contribution in [0.1, 0.15) is 21.5 Å². The molecule has 0 bridgehead atoms. The van der Waals surface area contributed by atoms with Gasteiger partial charge in [0.25, 0.3) is 0 Å². The summed E-state index contributed by atoms with van der Waals surface area (Å²) >= 11 is 4.52. The van der Waals surface area contributed by atoms with Gasteiger partial charge >= 0.3 is 0 Å². The van der Waals surface area contributed by atoms with E-state index in [0.29, 0.717) is 21.8 Å². The van der Waals surface area contributed by atoms with Crippen LogP contribution in [0.4, 0.5) is 10.3 Å². The van der Waals surface area contributed by atoms with Crippen LogP contribution in [0.15, 0.2) is 45.6 Å². The monoisotopic (exact) mass is 504 g/mol. The molecule has 0 radical (unpaired) electrons. The van der Waals surface area contributed by atoms with Crippen LogP contribution in [-0.2, 0) is 35.3 Å². The van der Waals surface area contributed by atoms with Crippen LogP contribution in [0.5, 0.6) is 0 Å². The highest BCUT2D eigenvalue weighted by atomic mass is 32.2. The third-order valence-electron chi connectivity index (χ3n) is 4.18. The van der Waals surface area contributed by atoms with Gasteiger partial charge in [0.15, 0.2) is 0 Å². The summed E-state index contributed by atoms with van der Waals surface area (Å²) in [4.78, 5) is 24.0. The van der Waals surface area contributed by atoms with E-state index in [-0.39, 0.29) is 24.7 Å². The minimum Gasteiger partial charge on any atom is -0.469 e. The fourth-order valence-corrected chi connectivity index (χ4v) is 5.35. The molecular weight excluding hydrogens is 484 g/mol. The lowest BCUT2D eigenvalue weighted by Crippen LogP contribution is -2.13. The van der Waals surface area contributed by atoms with Crippen molar-refractivity contribution < 1.29 is 18.4 Å². The average molecular weight is 505 g/mol. The summed E-state index contributed by atoms with van der Waals surface area (Å²) in [6.07, 6.45) is 4.93. The number of furan rings is 2. The first-order chi connectivity index (χ1) is 16.1. The molecule has 10 nitrogen and oxygen atoms in total. The topological polar surface area (TPSA) is 136 Å². The molecule has 2 amide bonds. The number of hydrogen-bond donors (Lipinski definition) is 2. The molecule has 4 heterocycles. The number of amides is 2. The Labute approximate surface area is 201 Å². The molecular formula is C20H20N6O4S3. The van der Waals surface area contributed by atoms with Crippen LogP contribution >= 0.6 is 34.4 Å². The zero-order chi connectivity index (χ0) is 22.9. The molecule has 4 aromatic heterocycles. The summed E-state index contributed by atoms with van der Waals surface area (Å²) in [6.45, 7) is 0. The van der Waals surface area contributed by atoms with Crippen LogP contribution in [-0.4, -0.2) is 43.7 Å². The Hall–Kier alpha value is -3.03. The first-order valence-corrected chi connectivity index (χ1v) is 12.8. The second-order valence-corrected chi connectivity index (χ2v) is 10.1. The highest BCUT2D eigenvalue weighted by Crippen LogP contribution is 2.20. The SMILES string of the molecule is O=C(Cc1ccco1)Nc1nnc(CCSCCc2nnc(NC(=O)Cc3ccco3)s2)s1. The molecule has 0 aliphatic carbocycles. The number of rotatable bonds is 12. The molecule has 33 heavy (non-hydrogen) atoms. The van der Waals surface area contributed by atoms with Gasteiger partial charge in [-0.3, -0.25) is 9.59 Å². The Bertz CT molecular complexity index is 1070. The predicted molar refractivity (Wildman–Crippen MR) is 127 cm³/mol. The van der Waals surface area contributed by atoms with E-state index in [9.17, 15) is 9.59 Å². The molecule has 0 aromatic carbocycles. The van der Waals surface area contributed by atoms with Gasteiger partial charge in [-0.05, 0) is 35.8 Å². The first-order valence-electron chi connectivity index (χ1n) is 10.0. The summed E-state index contributed by atoms with van der Waals surface area (Å²) in [5.41, 5.74) is 0. The minimum absolute atomic E-state index is 0.165. The van der Waals surface area contributed by atoms with E-state index in [4.69, 9.17) is 8.83 Å². The minimum atomic E-state index is -0.185. The van der Waals surface area contributed by atoms with Crippen molar-refractivity contribution in [3.63, 3.8) is 0 Å². The summed E-state index contributed by atoms with van der Waals surface area (Å²) < 4.78 is 10.3. The van der Waals surface area contributed by atoms with Crippen molar-refractivity contribution in [1.29, 1.82) is 0 Å². The Balaban J connectivity index is 1.11. The molecule has 0 aliphatic heterocycles. The molecule has 13 heteroatoms. The molecule has 172 valence electrons. The highest BCUT2D eigenvalue weighted by molar-refractivity contribution is 7.99. The number of carbonyl (C=O) groups excluding carboxylic acids is 2. The molecule has 0 saturated heterocycles. The highest BCUT2D eigenvalue weighted by Gasteiger charge is 2.12. The van der Waals surface area contributed by atoms with Crippen molar-refractivity contribution in [2.75, 3.05) is 22.1 Å². The maximum Gasteiger partial charge on any atom is 0.233 e. The standard InChI is InChI=1S/C20H20N6O4S3/c27-15(11-13-3-1-7-29-13)21-19-25-23-17(32-19)5-9-31-10-6-18-24-26-20(33-18)22-16(28)12-14-4-2-8-30-14/h1-4,7-8H,5-6,9-12H2,(H,21,25,27)(H,22,26,28). The fourth-order valence-electron chi connectivity index (χ4n) is 2.70. The van der Waals surface area contributed by atoms with Crippen LogP contribution in [0, 0.1) is 0 Å². The summed E-state index contributed by atoms with van der Waals surface area (Å²) in [5.74, 6) is 2.59. The largest absolute Gasteiger partial charge is 0.469 e. The van der Waals surface area contributed by atoms with Gasteiger partial charge in [-0.1, -0.05) is 22.7 Å². The molecule has 2 N–H and O–H groups in total. The van der Waals surface area contributed by atoms with Crippen LogP contribution < -0.4 is 10.6 Å². The van der Waals surface area contributed by atoms with Crippen LogP contribution in [0.3, 0.4) is 0 Å². The summed E-state index contributed by atoms with van der Waals surface area (Å²) in [5, 5.41) is 24.5. The number of aryl methyl sites for hydroxylation is 2. The van der Waals surface area contributed by atoms with Crippen LogP contribution in [0.2, 0.25) is 0 Å². The molecule has 0 aliphatic rings. The van der Waals surface area contributed by atoms with Crippen LogP contribution in [0.25, 0.3) is 0 Å². The molecule has 4 aromatic rings. The van der Waals surface area contributed by atoms with Crippen molar-refractivity contribution in [2.45, 2.75) is 25.7 Å². The van der Waals surface area contributed by atoms with Gasteiger partial charge in [0.1, 0.15) is 21.5 Å². The Morgan fingerprint density at radius 3 is 1.70 bits per heavy atom. The van der Waals surface area contributed by atoms with Crippen molar-refractivity contribution in [3.05, 3.63) is 58.3 Å². The van der Waals surface area contributed by atoms with Gasteiger partial charge in [-0.15, -0.1) is 20.4 Å². The smallest absolute Gasteiger partial charge is 0.233 e. The average Bonchev–Trinajstić information content (AvgIpc) is 3.57. The van der Waals surface area contributed by atoms with Crippen molar-refractivity contribution >= 4 is 56.5 Å². The number of anilines is 2. The predicted octanol–water partition coefficient (Wildman–Crippen LogP) is 3.46. The zero-order valence-electron chi connectivity index (χ0n) is 17.4. The number of nitrogens with zero attached hydrogens (tertiary/aromatic N) is 4. The lowest BCUT2D eigenvalue weighted by Gasteiger charge is -1.99. The Kier molecular flexibility index (Phi) is 8.22. The Morgan fingerprint density at radius 2 is 1.27 bits per heavy atom. The van der Waals surface area contributed by atoms with E-state index in [1.54, 1.807) is 36.0 Å². The van der Waals surface area contributed by atoms with Crippen molar-refractivity contribution in [2.24, 2.45) is 0 Å². The van der Waals surface area contributed by atoms with Gasteiger partial charge in [0, 0.05) is 12.8 Å². The summed E-state index contributed by atoms with van der Waals surface area (Å²) in [7, 11) is 0. The lowest BCUT2D eigenvalue weighted by molar-refractivity contribution is -0.116. The second-order valence-electron chi connectivity index (χ2n) is 6.72. The molecule has 4 rings (SSSR count). The van der Waals surface area contributed by atoms with Gasteiger partial charge in [0.05, 0.1) is 25.4 Å². The fraction of sp³-hybridized carbons (Fsp3) is 0.300. The number of aromatic nitrogens is 4. The van der Waals surface area contributed by atoms with Crippen molar-refractivity contribution in [3.8, 4) is 0 Å². The van der Waals surface area contributed by atoms with E-state index in [1.165, 1.54) is 35.2 Å². The van der Waals surface area contributed by atoms with Gasteiger partial charge in [0.2, 0.25) is 22.1 Å². The van der Waals surface area contributed by atoms with E-state index in [1.807, 2.05) is 0 Å². The lowest BCUT2D eigenvalue weighted by atomic mass is 10.3. The molecule has 0 saturated carbocycles. The third kappa shape index (κ3) is 7.51. The second kappa shape index (κ2) is 11.7. The molecule has 0 fully saturated rings. The van der Waals surface area contributed by atoms with Gasteiger partial charge < -0.3 is 19.5 Å². The maximum absolute atomic E-state index is 12.0. The van der Waals surface area contributed by atoms with E-state index >= 15 is 0 Å². The molecule has 0 spiro atoms. The van der Waals surface area contributed by atoms with Gasteiger partial charge in [-0.2, -0.15) is 11.8 Å². The Morgan fingerprint density at radius 1 is 0.788 bits per heavy atom. The van der Waals surface area contributed by atoms with E-state index < -0.39 is 0 Å². The summed E-state index contributed by atoms with van der Waals surface area (Å²) in [6, 6.07) is 7.00. The number of nitrogens with one attached hydrogen (secondary N) is 2. The maximum atomic E-state index is 12.0. The normalized spacial score (nSPS) is 10.9. The number of hydrogen-bond acceptors (Lipinski definition) is 11. The number of carbonyl (C=O) groups is 2. The zero-order valence-corrected chi connectivity index (χ0v) is 19.8. The first kappa shape index (κ1) is 23.1. The van der Waals surface area contributed by atoms with Crippen molar-refractivity contribution in [1.82, 2.24) is 20.4 Å². The number of thioether (sulfide) groups is 1. The van der Waals surface area contributed by atoms with E-state index in [2.05, 4.69) is 31.0 Å². The third-order valence-corrected chi connectivity index (χ3v) is 6.96.